The van der Waals surface area contributed by atoms with E-state index < -0.39 is 0 Å². The molecule has 0 radical (unpaired) electrons. The van der Waals surface area contributed by atoms with Gasteiger partial charge in [-0.15, -0.1) is 0 Å². The Morgan fingerprint density at radius 3 is 1.74 bits per heavy atom. The average molecular weight is 595 g/mol. The molecule has 5 heteroatoms. The van der Waals surface area contributed by atoms with Crippen LogP contribution in [-0.2, 0) is 0 Å². The lowest BCUT2D eigenvalue weighted by Crippen LogP contribution is -2.58. The zero-order valence-corrected chi connectivity index (χ0v) is 27.5. The fourth-order valence-electron chi connectivity index (χ4n) is 13.6. The van der Waals surface area contributed by atoms with Crippen LogP contribution < -0.4 is 11.5 Å². The van der Waals surface area contributed by atoms with Crippen LogP contribution in [0.5, 0.6) is 0 Å². The summed E-state index contributed by atoms with van der Waals surface area (Å²) in [7, 11) is 0. The molecule has 0 amide bonds. The van der Waals surface area contributed by atoms with Gasteiger partial charge in [0.15, 0.2) is 0 Å². The van der Waals surface area contributed by atoms with Crippen LogP contribution in [0.15, 0.2) is 24.3 Å². The highest BCUT2D eigenvalue weighted by molar-refractivity contribution is 5.20. The molecular weight excluding hydrogens is 532 g/mol. The van der Waals surface area contributed by atoms with Crippen molar-refractivity contribution in [2.75, 3.05) is 0 Å². The molecule has 5 nitrogen and oxygen atoms in total. The van der Waals surface area contributed by atoms with E-state index in [0.717, 1.165) is 68.6 Å². The van der Waals surface area contributed by atoms with Crippen LogP contribution in [-0.4, -0.2) is 45.7 Å². The van der Waals surface area contributed by atoms with Crippen LogP contribution in [0.25, 0.3) is 0 Å². The van der Waals surface area contributed by atoms with Gasteiger partial charge in [0.2, 0.25) is 0 Å². The Balaban J connectivity index is 0.000000140. The van der Waals surface area contributed by atoms with Crippen molar-refractivity contribution in [3.8, 4) is 0 Å². The van der Waals surface area contributed by atoms with Crippen LogP contribution in [0.2, 0.25) is 0 Å². The first-order chi connectivity index (χ1) is 20.3. The SMILES string of the molecule is C[C@]12CC[C@H]3[C@@H](CCC4C[C@@H](N)C=C[C@@]43C)[C@@H]1CC[C@@H]2O.C[C@]12CC[C@H]3[C@@H]([C@@H](O)CC4C[C@@H](N)C=C[C@@]43C)[C@@H]1CC[C@@H]2O. The Kier molecular flexibility index (Phi) is 7.66. The number of hydrogen-bond donors (Lipinski definition) is 5. The third-order valence-electron chi connectivity index (χ3n) is 16.4. The van der Waals surface area contributed by atoms with Crippen molar-refractivity contribution in [2.24, 2.45) is 80.5 Å². The maximum atomic E-state index is 10.9. The van der Waals surface area contributed by atoms with Crippen molar-refractivity contribution in [1.82, 2.24) is 0 Å². The van der Waals surface area contributed by atoms with E-state index in [1.807, 2.05) is 0 Å². The maximum absolute atomic E-state index is 10.9. The molecule has 242 valence electrons. The quantitative estimate of drug-likeness (QED) is 0.222. The Bertz CT molecular complexity index is 1120. The minimum atomic E-state index is -0.211. The van der Waals surface area contributed by atoms with E-state index in [1.165, 1.54) is 38.5 Å². The van der Waals surface area contributed by atoms with E-state index in [2.05, 4.69) is 52.0 Å². The number of aliphatic hydroxyl groups is 3. The highest BCUT2D eigenvalue weighted by Gasteiger charge is 2.62. The minimum absolute atomic E-state index is 0.0279. The molecule has 17 atom stereocenters. The molecule has 6 fully saturated rings. The second-order valence-corrected chi connectivity index (χ2v) is 18.0. The molecule has 2 unspecified atom stereocenters. The van der Waals surface area contributed by atoms with Gasteiger partial charge in [0.05, 0.1) is 18.3 Å². The summed E-state index contributed by atoms with van der Waals surface area (Å²) in [5, 5.41) is 31.9. The molecule has 0 aliphatic heterocycles. The van der Waals surface area contributed by atoms with Crippen molar-refractivity contribution in [3.05, 3.63) is 24.3 Å². The summed E-state index contributed by atoms with van der Waals surface area (Å²) in [4.78, 5) is 0. The smallest absolute Gasteiger partial charge is 0.0596 e. The summed E-state index contributed by atoms with van der Waals surface area (Å²) < 4.78 is 0. The number of fused-ring (bicyclic) bond motifs is 10. The Hall–Kier alpha value is -0.720. The zero-order chi connectivity index (χ0) is 30.5. The number of hydrogen-bond acceptors (Lipinski definition) is 5. The normalized spacial score (nSPS) is 59.9. The molecule has 0 aromatic heterocycles. The minimum Gasteiger partial charge on any atom is -0.393 e. The van der Waals surface area contributed by atoms with Crippen LogP contribution >= 0.6 is 0 Å². The molecule has 0 saturated heterocycles. The maximum Gasteiger partial charge on any atom is 0.0596 e. The van der Waals surface area contributed by atoms with Gasteiger partial charge in [0, 0.05) is 12.1 Å². The highest BCUT2D eigenvalue weighted by Crippen LogP contribution is 2.66. The molecule has 6 saturated carbocycles. The summed E-state index contributed by atoms with van der Waals surface area (Å²) >= 11 is 0. The molecule has 0 bridgehead atoms. The molecule has 0 spiro atoms. The van der Waals surface area contributed by atoms with Crippen LogP contribution in [0.4, 0.5) is 0 Å². The van der Waals surface area contributed by atoms with E-state index in [1.54, 1.807) is 0 Å². The van der Waals surface area contributed by atoms with Gasteiger partial charge in [-0.2, -0.15) is 0 Å². The van der Waals surface area contributed by atoms with Crippen LogP contribution in [0, 0.1) is 69.0 Å². The van der Waals surface area contributed by atoms with Gasteiger partial charge < -0.3 is 26.8 Å². The van der Waals surface area contributed by atoms with E-state index in [9.17, 15) is 15.3 Å². The Labute approximate surface area is 261 Å². The zero-order valence-electron chi connectivity index (χ0n) is 27.5. The summed E-state index contributed by atoms with van der Waals surface area (Å²) in [5.74, 6) is 5.11. The number of aliphatic hydroxyl groups excluding tert-OH is 3. The van der Waals surface area contributed by atoms with Gasteiger partial charge in [0.1, 0.15) is 0 Å². The Morgan fingerprint density at radius 1 is 0.558 bits per heavy atom. The van der Waals surface area contributed by atoms with Crippen molar-refractivity contribution in [1.29, 1.82) is 0 Å². The lowest BCUT2D eigenvalue weighted by molar-refractivity contribution is -0.146. The summed E-state index contributed by atoms with van der Waals surface area (Å²) in [6.07, 6.45) is 23.8. The lowest BCUT2D eigenvalue weighted by atomic mass is 9.45. The molecule has 8 aliphatic rings. The molecule has 0 aromatic rings. The number of rotatable bonds is 0. The molecule has 7 N–H and O–H groups in total. The first-order valence-electron chi connectivity index (χ1n) is 18.3. The first-order valence-corrected chi connectivity index (χ1v) is 18.3. The van der Waals surface area contributed by atoms with Crippen molar-refractivity contribution >= 4 is 0 Å². The predicted molar refractivity (Wildman–Crippen MR) is 173 cm³/mol. The monoisotopic (exact) mass is 594 g/mol. The largest absolute Gasteiger partial charge is 0.393 e. The van der Waals surface area contributed by atoms with E-state index in [-0.39, 0.29) is 46.6 Å². The van der Waals surface area contributed by atoms with E-state index in [0.29, 0.717) is 29.1 Å². The van der Waals surface area contributed by atoms with Gasteiger partial charge in [-0.05, 0) is 152 Å². The van der Waals surface area contributed by atoms with Crippen LogP contribution in [0.3, 0.4) is 0 Å². The highest BCUT2D eigenvalue weighted by atomic mass is 16.3. The lowest BCUT2D eigenvalue weighted by Gasteiger charge is -2.60. The predicted octanol–water partition coefficient (Wildman–Crippen LogP) is 5.96. The van der Waals surface area contributed by atoms with Crippen molar-refractivity contribution in [2.45, 2.75) is 142 Å². The first kappa shape index (κ1) is 30.9. The molecule has 8 rings (SSSR count). The number of allylic oxidation sites excluding steroid dienone is 2. The third-order valence-corrected chi connectivity index (χ3v) is 16.4. The van der Waals surface area contributed by atoms with Gasteiger partial charge in [0.25, 0.3) is 0 Å². The summed E-state index contributed by atoms with van der Waals surface area (Å²) in [6, 6.07) is 0.436. The van der Waals surface area contributed by atoms with Gasteiger partial charge in [-0.25, -0.2) is 0 Å². The van der Waals surface area contributed by atoms with Crippen LogP contribution in [0.1, 0.15) is 111 Å². The fourth-order valence-corrected chi connectivity index (χ4v) is 13.6. The molecule has 8 aliphatic carbocycles. The molecule has 0 heterocycles. The average Bonchev–Trinajstić information content (AvgIpc) is 3.45. The third kappa shape index (κ3) is 4.55. The second-order valence-electron chi connectivity index (χ2n) is 18.0. The second kappa shape index (κ2) is 10.7. The van der Waals surface area contributed by atoms with Crippen molar-refractivity contribution < 1.29 is 15.3 Å². The van der Waals surface area contributed by atoms with Crippen molar-refractivity contribution in [3.63, 3.8) is 0 Å². The molecule has 43 heavy (non-hydrogen) atoms. The molecule has 0 aromatic carbocycles. The fraction of sp³-hybridized carbons (Fsp3) is 0.895. The Morgan fingerprint density at radius 2 is 1.09 bits per heavy atom. The topological polar surface area (TPSA) is 113 Å². The number of nitrogens with two attached hydrogens (primary N) is 2. The standard InChI is InChI=1S/C19H31NO2.C19H31NO/c1-18-7-5-12(20)9-11(18)10-15(21)17-13-3-4-16(22)19(13,2)8-6-14(17)18;1-18-9-7-13(20)11-12(18)3-4-14-15-5-6-17(21)19(15,2)10-8-16(14)18/h5,7,11-17,21-22H,3-4,6,8-10,20H2,1-2H3;7,9,12-17,21H,3-6,8,10-11,20H2,1-2H3/t11?,12-,13-,14-,15-,16-,17-,18-,19-;12?,13-,14-,15-,16-,17-,18-,19-/m00/s1. The summed E-state index contributed by atoms with van der Waals surface area (Å²) in [5.41, 5.74) is 13.1. The van der Waals surface area contributed by atoms with E-state index in [4.69, 9.17) is 11.5 Å². The van der Waals surface area contributed by atoms with Gasteiger partial charge >= 0.3 is 0 Å². The van der Waals surface area contributed by atoms with Gasteiger partial charge in [-0.3, -0.25) is 0 Å². The van der Waals surface area contributed by atoms with E-state index >= 15 is 0 Å². The summed E-state index contributed by atoms with van der Waals surface area (Å²) in [6.45, 7) is 9.54. The van der Waals surface area contributed by atoms with Gasteiger partial charge in [-0.1, -0.05) is 52.0 Å². The molecular formula is C38H62N2O3.